The smallest absolute Gasteiger partial charge is 0.407 e. The first-order valence-corrected chi connectivity index (χ1v) is 6.84. The fourth-order valence-electron chi connectivity index (χ4n) is 1.63. The third kappa shape index (κ3) is 5.67. The first kappa shape index (κ1) is 15.1. The van der Waals surface area contributed by atoms with Crippen molar-refractivity contribution in [3.05, 3.63) is 71.0 Å². The standard InChI is InChI=1S/C16H15ClN2O2/c17-15-11-13(8-10-18-15)7-4-9-19-16(20)21-12-14-5-2-1-3-6-14/h1-8,10-11H,9,12H2,(H,19,20). The SMILES string of the molecule is O=C(NCC=Cc1ccnc(Cl)c1)OCc1ccccc1. The molecule has 1 N–H and O–H groups in total. The van der Waals surface area contributed by atoms with Gasteiger partial charge in [-0.05, 0) is 23.3 Å². The number of ether oxygens (including phenoxy) is 1. The van der Waals surface area contributed by atoms with Gasteiger partial charge in [0.2, 0.25) is 0 Å². The molecule has 0 saturated carbocycles. The average molecular weight is 303 g/mol. The molecule has 2 aromatic rings. The van der Waals surface area contributed by atoms with E-state index in [1.807, 2.05) is 48.6 Å². The highest BCUT2D eigenvalue weighted by Gasteiger charge is 2.00. The Bertz CT molecular complexity index is 615. The molecule has 0 aliphatic rings. The number of rotatable bonds is 5. The number of alkyl carbamates (subject to hydrolysis) is 1. The number of nitrogens with zero attached hydrogens (tertiary/aromatic N) is 1. The van der Waals surface area contributed by atoms with Crippen molar-refractivity contribution >= 4 is 23.8 Å². The number of aromatic nitrogens is 1. The summed E-state index contributed by atoms with van der Waals surface area (Å²) in [4.78, 5) is 15.4. The molecule has 0 radical (unpaired) electrons. The molecule has 0 saturated heterocycles. The Morgan fingerprint density at radius 1 is 1.29 bits per heavy atom. The van der Waals surface area contributed by atoms with Crippen LogP contribution in [0.4, 0.5) is 4.79 Å². The Morgan fingerprint density at radius 2 is 2.10 bits per heavy atom. The highest BCUT2D eigenvalue weighted by Crippen LogP contribution is 2.08. The molecular weight excluding hydrogens is 288 g/mol. The van der Waals surface area contributed by atoms with Crippen LogP contribution in [0.3, 0.4) is 0 Å². The van der Waals surface area contributed by atoms with Crippen molar-refractivity contribution in [3.8, 4) is 0 Å². The summed E-state index contributed by atoms with van der Waals surface area (Å²) >= 11 is 5.77. The summed E-state index contributed by atoms with van der Waals surface area (Å²) in [5.41, 5.74) is 1.88. The minimum absolute atomic E-state index is 0.260. The second-order valence-electron chi connectivity index (χ2n) is 4.26. The van der Waals surface area contributed by atoms with Gasteiger partial charge in [0.05, 0.1) is 0 Å². The summed E-state index contributed by atoms with van der Waals surface area (Å²) in [7, 11) is 0. The van der Waals surface area contributed by atoms with Crippen molar-refractivity contribution in [1.29, 1.82) is 0 Å². The molecule has 1 heterocycles. The van der Waals surface area contributed by atoms with Gasteiger partial charge in [-0.2, -0.15) is 0 Å². The second-order valence-corrected chi connectivity index (χ2v) is 4.64. The van der Waals surface area contributed by atoms with Crippen LogP contribution in [-0.2, 0) is 11.3 Å². The van der Waals surface area contributed by atoms with E-state index in [1.165, 1.54) is 0 Å². The molecule has 4 nitrogen and oxygen atoms in total. The van der Waals surface area contributed by atoms with E-state index in [2.05, 4.69) is 10.3 Å². The predicted octanol–water partition coefficient (Wildman–Crippen LogP) is 3.67. The Balaban J connectivity index is 1.69. The molecule has 0 atom stereocenters. The highest BCUT2D eigenvalue weighted by molar-refractivity contribution is 6.29. The molecule has 0 bridgehead atoms. The molecule has 1 aromatic heterocycles. The summed E-state index contributed by atoms with van der Waals surface area (Å²) in [6.07, 6.45) is 4.85. The summed E-state index contributed by atoms with van der Waals surface area (Å²) in [6.45, 7) is 0.643. The van der Waals surface area contributed by atoms with Crippen molar-refractivity contribution < 1.29 is 9.53 Å². The molecular formula is C16H15ClN2O2. The highest BCUT2D eigenvalue weighted by atomic mass is 35.5. The Labute approximate surface area is 128 Å². The van der Waals surface area contributed by atoms with E-state index < -0.39 is 6.09 Å². The van der Waals surface area contributed by atoms with Gasteiger partial charge in [0, 0.05) is 12.7 Å². The maximum atomic E-state index is 11.5. The van der Waals surface area contributed by atoms with E-state index in [-0.39, 0.29) is 6.61 Å². The molecule has 0 fully saturated rings. The molecule has 1 amide bonds. The topological polar surface area (TPSA) is 51.2 Å². The number of halogens is 1. The zero-order valence-corrected chi connectivity index (χ0v) is 12.1. The molecule has 0 aliphatic carbocycles. The number of hydrogen-bond donors (Lipinski definition) is 1. The quantitative estimate of drug-likeness (QED) is 0.857. The fraction of sp³-hybridized carbons (Fsp3) is 0.125. The summed E-state index contributed by atoms with van der Waals surface area (Å²) in [5.74, 6) is 0. The van der Waals surface area contributed by atoms with Gasteiger partial charge in [0.15, 0.2) is 0 Å². The lowest BCUT2D eigenvalue weighted by atomic mass is 10.2. The number of nitrogens with one attached hydrogen (secondary N) is 1. The van der Waals surface area contributed by atoms with Gasteiger partial charge in [-0.3, -0.25) is 0 Å². The van der Waals surface area contributed by atoms with Crippen LogP contribution in [-0.4, -0.2) is 17.6 Å². The van der Waals surface area contributed by atoms with E-state index in [1.54, 1.807) is 12.3 Å². The van der Waals surface area contributed by atoms with Gasteiger partial charge in [0.25, 0.3) is 0 Å². The Morgan fingerprint density at radius 3 is 2.86 bits per heavy atom. The summed E-state index contributed by atoms with van der Waals surface area (Å²) in [6, 6.07) is 13.1. The minimum atomic E-state index is -0.448. The van der Waals surface area contributed by atoms with Gasteiger partial charge in [-0.25, -0.2) is 9.78 Å². The normalized spacial score (nSPS) is 10.5. The van der Waals surface area contributed by atoms with Crippen LogP contribution in [0.2, 0.25) is 5.15 Å². The third-order valence-electron chi connectivity index (χ3n) is 2.64. The maximum Gasteiger partial charge on any atom is 0.407 e. The van der Waals surface area contributed by atoms with E-state index in [4.69, 9.17) is 16.3 Å². The number of benzene rings is 1. The fourth-order valence-corrected chi connectivity index (χ4v) is 1.81. The molecule has 108 valence electrons. The van der Waals surface area contributed by atoms with E-state index >= 15 is 0 Å². The van der Waals surface area contributed by atoms with Crippen molar-refractivity contribution in [2.45, 2.75) is 6.61 Å². The van der Waals surface area contributed by atoms with Crippen LogP contribution in [0.5, 0.6) is 0 Å². The lowest BCUT2D eigenvalue weighted by Gasteiger charge is -2.05. The number of hydrogen-bond acceptors (Lipinski definition) is 3. The molecule has 0 unspecified atom stereocenters. The van der Waals surface area contributed by atoms with Crippen LogP contribution >= 0.6 is 11.6 Å². The first-order chi connectivity index (χ1) is 10.2. The zero-order chi connectivity index (χ0) is 14.9. The van der Waals surface area contributed by atoms with Gasteiger partial charge in [0.1, 0.15) is 11.8 Å². The first-order valence-electron chi connectivity index (χ1n) is 6.47. The lowest BCUT2D eigenvalue weighted by molar-refractivity contribution is 0.141. The third-order valence-corrected chi connectivity index (χ3v) is 2.84. The Kier molecular flexibility index (Phi) is 5.79. The molecule has 5 heteroatoms. The lowest BCUT2D eigenvalue weighted by Crippen LogP contribution is -2.24. The Hall–Kier alpha value is -2.33. The van der Waals surface area contributed by atoms with Crippen LogP contribution < -0.4 is 5.32 Å². The summed E-state index contributed by atoms with van der Waals surface area (Å²) < 4.78 is 5.08. The monoisotopic (exact) mass is 302 g/mol. The van der Waals surface area contributed by atoms with Gasteiger partial charge < -0.3 is 10.1 Å². The minimum Gasteiger partial charge on any atom is -0.445 e. The largest absolute Gasteiger partial charge is 0.445 e. The van der Waals surface area contributed by atoms with Crippen LogP contribution in [0.15, 0.2) is 54.7 Å². The average Bonchev–Trinajstić information content (AvgIpc) is 2.51. The zero-order valence-electron chi connectivity index (χ0n) is 11.3. The molecule has 0 spiro atoms. The molecule has 1 aromatic carbocycles. The predicted molar refractivity (Wildman–Crippen MR) is 82.9 cm³/mol. The maximum absolute atomic E-state index is 11.5. The van der Waals surface area contributed by atoms with E-state index in [0.29, 0.717) is 11.7 Å². The van der Waals surface area contributed by atoms with Crippen LogP contribution in [0, 0.1) is 0 Å². The van der Waals surface area contributed by atoms with E-state index in [9.17, 15) is 4.79 Å². The van der Waals surface area contributed by atoms with Gasteiger partial charge >= 0.3 is 6.09 Å². The second kappa shape index (κ2) is 8.07. The van der Waals surface area contributed by atoms with Crippen LogP contribution in [0.1, 0.15) is 11.1 Å². The summed E-state index contributed by atoms with van der Waals surface area (Å²) in [5, 5.41) is 3.08. The van der Waals surface area contributed by atoms with Gasteiger partial charge in [-0.1, -0.05) is 54.1 Å². The number of carbonyl (C=O) groups excluding carboxylic acids is 1. The van der Waals surface area contributed by atoms with Crippen LogP contribution in [0.25, 0.3) is 6.08 Å². The number of pyridine rings is 1. The van der Waals surface area contributed by atoms with Crippen molar-refractivity contribution in [2.24, 2.45) is 0 Å². The molecule has 0 aliphatic heterocycles. The van der Waals surface area contributed by atoms with Gasteiger partial charge in [-0.15, -0.1) is 0 Å². The van der Waals surface area contributed by atoms with E-state index in [0.717, 1.165) is 11.1 Å². The van der Waals surface area contributed by atoms with Crippen molar-refractivity contribution in [3.63, 3.8) is 0 Å². The molecule has 2 rings (SSSR count). The number of amides is 1. The number of carbonyl (C=O) groups is 1. The van der Waals surface area contributed by atoms with Crippen molar-refractivity contribution in [2.75, 3.05) is 6.54 Å². The van der Waals surface area contributed by atoms with Crippen molar-refractivity contribution in [1.82, 2.24) is 10.3 Å². The molecule has 21 heavy (non-hydrogen) atoms.